The number of hydrogen-bond acceptors (Lipinski definition) is 2. The Balaban J connectivity index is 1.91. The van der Waals surface area contributed by atoms with Gasteiger partial charge in [-0.25, -0.2) is 0 Å². The molecule has 3 rings (SSSR count). The SMILES string of the molecule is O=c1[nH]c2ccccc2cc1CC1CCCCN1. The summed E-state index contributed by atoms with van der Waals surface area (Å²) in [4.78, 5) is 15.0. The van der Waals surface area contributed by atoms with Crippen molar-refractivity contribution in [3.63, 3.8) is 0 Å². The molecule has 1 aliphatic heterocycles. The number of H-pyrrole nitrogens is 1. The fourth-order valence-corrected chi connectivity index (χ4v) is 2.71. The third-order valence-corrected chi connectivity index (χ3v) is 3.71. The predicted molar refractivity (Wildman–Crippen MR) is 73.9 cm³/mol. The van der Waals surface area contributed by atoms with Gasteiger partial charge in [0.1, 0.15) is 0 Å². The van der Waals surface area contributed by atoms with E-state index >= 15 is 0 Å². The maximum absolute atomic E-state index is 12.0. The smallest absolute Gasteiger partial charge is 0.251 e. The Kier molecular flexibility index (Phi) is 3.15. The number of hydrogen-bond donors (Lipinski definition) is 2. The van der Waals surface area contributed by atoms with Crippen molar-refractivity contribution in [1.82, 2.24) is 10.3 Å². The van der Waals surface area contributed by atoms with E-state index in [0.29, 0.717) is 6.04 Å². The van der Waals surface area contributed by atoms with Crippen molar-refractivity contribution in [1.29, 1.82) is 0 Å². The lowest BCUT2D eigenvalue weighted by Gasteiger charge is -2.23. The molecule has 1 atom stereocenters. The Bertz CT molecular complexity index is 597. The van der Waals surface area contributed by atoms with Gasteiger partial charge in [-0.05, 0) is 43.3 Å². The van der Waals surface area contributed by atoms with Crippen molar-refractivity contribution in [2.45, 2.75) is 31.7 Å². The minimum absolute atomic E-state index is 0.0565. The summed E-state index contributed by atoms with van der Waals surface area (Å²) >= 11 is 0. The maximum Gasteiger partial charge on any atom is 0.251 e. The van der Waals surface area contributed by atoms with Crippen molar-refractivity contribution in [3.8, 4) is 0 Å². The fraction of sp³-hybridized carbons (Fsp3) is 0.400. The molecule has 1 aromatic heterocycles. The molecule has 2 heterocycles. The average Bonchev–Trinajstić information content (AvgIpc) is 2.41. The summed E-state index contributed by atoms with van der Waals surface area (Å²) in [5.41, 5.74) is 1.87. The number of rotatable bonds is 2. The van der Waals surface area contributed by atoms with Gasteiger partial charge in [-0.3, -0.25) is 4.79 Å². The number of aromatic nitrogens is 1. The number of pyridine rings is 1. The van der Waals surface area contributed by atoms with Crippen LogP contribution in [0.25, 0.3) is 10.9 Å². The molecule has 18 heavy (non-hydrogen) atoms. The summed E-state index contributed by atoms with van der Waals surface area (Å²) in [7, 11) is 0. The molecule has 1 saturated heterocycles. The molecule has 2 aromatic rings. The van der Waals surface area contributed by atoms with E-state index in [0.717, 1.165) is 29.4 Å². The summed E-state index contributed by atoms with van der Waals surface area (Å²) in [6.45, 7) is 1.08. The van der Waals surface area contributed by atoms with Crippen molar-refractivity contribution >= 4 is 10.9 Å². The lowest BCUT2D eigenvalue weighted by molar-refractivity contribution is 0.398. The summed E-state index contributed by atoms with van der Waals surface area (Å²) in [5, 5.41) is 4.60. The van der Waals surface area contributed by atoms with E-state index in [-0.39, 0.29) is 5.56 Å². The Morgan fingerprint density at radius 1 is 1.22 bits per heavy atom. The molecule has 1 unspecified atom stereocenters. The highest BCUT2D eigenvalue weighted by atomic mass is 16.1. The number of para-hydroxylation sites is 1. The lowest BCUT2D eigenvalue weighted by Crippen LogP contribution is -2.36. The molecular weight excluding hydrogens is 224 g/mol. The van der Waals surface area contributed by atoms with E-state index < -0.39 is 0 Å². The summed E-state index contributed by atoms with van der Waals surface area (Å²) in [6, 6.07) is 10.4. The first kappa shape index (κ1) is 11.5. The Morgan fingerprint density at radius 2 is 2.11 bits per heavy atom. The highest BCUT2D eigenvalue weighted by Crippen LogP contribution is 2.14. The zero-order valence-corrected chi connectivity index (χ0v) is 10.4. The number of nitrogens with one attached hydrogen (secondary N) is 2. The maximum atomic E-state index is 12.0. The van der Waals surface area contributed by atoms with Crippen LogP contribution in [0.15, 0.2) is 35.1 Å². The van der Waals surface area contributed by atoms with Gasteiger partial charge < -0.3 is 10.3 Å². The van der Waals surface area contributed by atoms with E-state index in [9.17, 15) is 4.79 Å². The summed E-state index contributed by atoms with van der Waals surface area (Å²) in [5.74, 6) is 0. The average molecular weight is 242 g/mol. The van der Waals surface area contributed by atoms with Gasteiger partial charge in [0.05, 0.1) is 0 Å². The van der Waals surface area contributed by atoms with Gasteiger partial charge in [0.25, 0.3) is 5.56 Å². The Labute approximate surface area is 106 Å². The third-order valence-electron chi connectivity index (χ3n) is 3.71. The highest BCUT2D eigenvalue weighted by molar-refractivity contribution is 5.78. The van der Waals surface area contributed by atoms with Crippen molar-refractivity contribution < 1.29 is 0 Å². The van der Waals surface area contributed by atoms with Crippen LogP contribution >= 0.6 is 0 Å². The van der Waals surface area contributed by atoms with Gasteiger partial charge >= 0.3 is 0 Å². The lowest BCUT2D eigenvalue weighted by atomic mass is 9.98. The molecule has 3 heteroatoms. The van der Waals surface area contributed by atoms with Gasteiger partial charge in [-0.1, -0.05) is 24.6 Å². The molecule has 0 bridgehead atoms. The van der Waals surface area contributed by atoms with Crippen molar-refractivity contribution in [2.24, 2.45) is 0 Å². The topological polar surface area (TPSA) is 44.9 Å². The number of benzene rings is 1. The minimum atomic E-state index is 0.0565. The normalized spacial score (nSPS) is 20.1. The van der Waals surface area contributed by atoms with Crippen LogP contribution < -0.4 is 10.9 Å². The van der Waals surface area contributed by atoms with Gasteiger partial charge in [0.15, 0.2) is 0 Å². The molecule has 1 fully saturated rings. The van der Waals surface area contributed by atoms with Crippen LogP contribution in [0.4, 0.5) is 0 Å². The molecule has 1 aliphatic rings. The molecule has 0 spiro atoms. The van der Waals surface area contributed by atoms with Crippen LogP contribution in [0, 0.1) is 0 Å². The zero-order chi connectivity index (χ0) is 12.4. The van der Waals surface area contributed by atoms with Crippen LogP contribution in [-0.4, -0.2) is 17.6 Å². The molecule has 94 valence electrons. The predicted octanol–water partition coefficient (Wildman–Crippen LogP) is 2.21. The number of aromatic amines is 1. The first-order valence-corrected chi connectivity index (χ1v) is 6.67. The first-order chi connectivity index (χ1) is 8.83. The van der Waals surface area contributed by atoms with Gasteiger partial charge in [-0.15, -0.1) is 0 Å². The number of fused-ring (bicyclic) bond motifs is 1. The van der Waals surface area contributed by atoms with E-state index in [1.165, 1.54) is 19.3 Å². The second-order valence-electron chi connectivity index (χ2n) is 5.06. The fourth-order valence-electron chi connectivity index (χ4n) is 2.71. The third kappa shape index (κ3) is 2.31. The standard InChI is InChI=1S/C15H18N2O/c18-15-12(10-13-6-3-4-8-16-13)9-11-5-1-2-7-14(11)17-15/h1-2,5,7,9,13,16H,3-4,6,8,10H2,(H,17,18). The molecule has 0 radical (unpaired) electrons. The van der Waals surface area contributed by atoms with Gasteiger partial charge in [0, 0.05) is 17.1 Å². The first-order valence-electron chi connectivity index (χ1n) is 6.67. The molecule has 0 aliphatic carbocycles. The molecule has 3 nitrogen and oxygen atoms in total. The van der Waals surface area contributed by atoms with E-state index in [1.807, 2.05) is 30.3 Å². The number of piperidine rings is 1. The molecule has 0 amide bonds. The highest BCUT2D eigenvalue weighted by Gasteiger charge is 2.14. The largest absolute Gasteiger partial charge is 0.322 e. The Morgan fingerprint density at radius 3 is 2.94 bits per heavy atom. The van der Waals surface area contributed by atoms with Crippen molar-refractivity contribution in [2.75, 3.05) is 6.54 Å². The summed E-state index contributed by atoms with van der Waals surface area (Å²) < 4.78 is 0. The second kappa shape index (κ2) is 4.94. The minimum Gasteiger partial charge on any atom is -0.322 e. The van der Waals surface area contributed by atoms with E-state index in [4.69, 9.17) is 0 Å². The Hall–Kier alpha value is -1.61. The van der Waals surface area contributed by atoms with Gasteiger partial charge in [0.2, 0.25) is 0 Å². The molecule has 1 aromatic carbocycles. The molecule has 2 N–H and O–H groups in total. The van der Waals surface area contributed by atoms with Crippen molar-refractivity contribution in [3.05, 3.63) is 46.2 Å². The van der Waals surface area contributed by atoms with Gasteiger partial charge in [-0.2, -0.15) is 0 Å². The van der Waals surface area contributed by atoms with Crippen LogP contribution in [0.1, 0.15) is 24.8 Å². The zero-order valence-electron chi connectivity index (χ0n) is 10.4. The quantitative estimate of drug-likeness (QED) is 0.848. The monoisotopic (exact) mass is 242 g/mol. The van der Waals surface area contributed by atoms with Crippen LogP contribution in [-0.2, 0) is 6.42 Å². The van der Waals surface area contributed by atoms with Crippen LogP contribution in [0.3, 0.4) is 0 Å². The van der Waals surface area contributed by atoms with Crippen LogP contribution in [0.2, 0.25) is 0 Å². The summed E-state index contributed by atoms with van der Waals surface area (Å²) in [6.07, 6.45) is 4.53. The van der Waals surface area contributed by atoms with E-state index in [2.05, 4.69) is 10.3 Å². The van der Waals surface area contributed by atoms with E-state index in [1.54, 1.807) is 0 Å². The second-order valence-corrected chi connectivity index (χ2v) is 5.06. The molecular formula is C15H18N2O. The van der Waals surface area contributed by atoms with Crippen LogP contribution in [0.5, 0.6) is 0 Å². The molecule has 0 saturated carbocycles.